The fourth-order valence-corrected chi connectivity index (χ4v) is 2.61. The van der Waals surface area contributed by atoms with Gasteiger partial charge in [-0.05, 0) is 18.2 Å². The van der Waals surface area contributed by atoms with Crippen LogP contribution in [0.3, 0.4) is 0 Å². The fraction of sp³-hybridized carbons (Fsp3) is 0. The van der Waals surface area contributed by atoms with E-state index >= 15 is 0 Å². The molecule has 22 heavy (non-hydrogen) atoms. The van der Waals surface area contributed by atoms with Crippen molar-refractivity contribution in [3.05, 3.63) is 66.4 Å². The maximum atomic E-state index is 10.1. The van der Waals surface area contributed by atoms with Gasteiger partial charge in [0.25, 0.3) is 0 Å². The van der Waals surface area contributed by atoms with E-state index in [-0.39, 0.29) is 5.88 Å². The molecule has 2 heterocycles. The largest absolute Gasteiger partial charge is 0.494 e. The average Bonchev–Trinajstić information content (AvgIpc) is 2.88. The van der Waals surface area contributed by atoms with E-state index in [1.54, 1.807) is 12.4 Å². The van der Waals surface area contributed by atoms with Gasteiger partial charge in [-0.2, -0.15) is 0 Å². The Hall–Kier alpha value is -3.14. The number of hydrogen-bond donors (Lipinski definition) is 2. The predicted molar refractivity (Wildman–Crippen MR) is 89.0 cm³/mol. The van der Waals surface area contributed by atoms with Gasteiger partial charge in [-0.15, -0.1) is 0 Å². The number of pyridine rings is 1. The second-order valence-electron chi connectivity index (χ2n) is 5.04. The molecule has 0 spiro atoms. The first-order valence-corrected chi connectivity index (χ1v) is 7.00. The Bertz CT molecular complexity index is 996. The number of para-hydroxylation sites is 2. The van der Waals surface area contributed by atoms with Gasteiger partial charge in [-0.1, -0.05) is 36.4 Å². The molecule has 0 atom stereocenters. The number of rotatable bonds is 2. The number of aromatic hydroxyl groups is 1. The Kier molecular flexibility index (Phi) is 2.86. The van der Waals surface area contributed by atoms with E-state index in [4.69, 9.17) is 0 Å². The zero-order valence-corrected chi connectivity index (χ0v) is 11.7. The highest BCUT2D eigenvalue weighted by molar-refractivity contribution is 6.03. The monoisotopic (exact) mass is 287 g/mol. The third-order valence-electron chi connectivity index (χ3n) is 3.67. The molecule has 4 heteroatoms. The summed E-state index contributed by atoms with van der Waals surface area (Å²) in [6, 6.07) is 17.5. The number of aliphatic imine (C=N–C) groups is 1. The summed E-state index contributed by atoms with van der Waals surface area (Å²) < 4.78 is 0. The summed E-state index contributed by atoms with van der Waals surface area (Å²) in [6.45, 7) is 0. The number of fused-ring (bicyclic) bond motifs is 2. The van der Waals surface area contributed by atoms with E-state index in [9.17, 15) is 5.11 Å². The molecular formula is C18H13N3O. The molecule has 2 N–H and O–H groups in total. The highest BCUT2D eigenvalue weighted by Gasteiger charge is 2.08. The van der Waals surface area contributed by atoms with Gasteiger partial charge >= 0.3 is 0 Å². The first-order valence-electron chi connectivity index (χ1n) is 7.00. The van der Waals surface area contributed by atoms with Gasteiger partial charge in [0.2, 0.25) is 0 Å². The van der Waals surface area contributed by atoms with E-state index in [2.05, 4.69) is 15.0 Å². The number of hydrogen-bond acceptors (Lipinski definition) is 3. The molecule has 0 aliphatic rings. The minimum Gasteiger partial charge on any atom is -0.494 e. The Balaban J connectivity index is 1.84. The van der Waals surface area contributed by atoms with Crippen molar-refractivity contribution in [2.75, 3.05) is 0 Å². The fourth-order valence-electron chi connectivity index (χ4n) is 2.61. The highest BCUT2D eigenvalue weighted by Crippen LogP contribution is 2.27. The summed E-state index contributed by atoms with van der Waals surface area (Å²) in [5.41, 5.74) is 3.20. The van der Waals surface area contributed by atoms with Crippen molar-refractivity contribution in [1.29, 1.82) is 0 Å². The van der Waals surface area contributed by atoms with Gasteiger partial charge in [-0.3, -0.25) is 9.98 Å². The third-order valence-corrected chi connectivity index (χ3v) is 3.67. The van der Waals surface area contributed by atoms with Crippen molar-refractivity contribution in [3.8, 4) is 5.88 Å². The van der Waals surface area contributed by atoms with Crippen LogP contribution >= 0.6 is 0 Å². The molecule has 0 saturated carbocycles. The lowest BCUT2D eigenvalue weighted by Crippen LogP contribution is -1.81. The van der Waals surface area contributed by atoms with Crippen LogP contribution in [0.2, 0.25) is 0 Å². The first kappa shape index (κ1) is 12.6. The van der Waals surface area contributed by atoms with Crippen LogP contribution in [-0.2, 0) is 0 Å². The Labute approximate surface area is 126 Å². The summed E-state index contributed by atoms with van der Waals surface area (Å²) in [5, 5.41) is 12.0. The van der Waals surface area contributed by atoms with Crippen LogP contribution in [0.4, 0.5) is 5.69 Å². The summed E-state index contributed by atoms with van der Waals surface area (Å²) in [7, 11) is 0. The van der Waals surface area contributed by atoms with Crippen molar-refractivity contribution in [2.24, 2.45) is 4.99 Å². The van der Waals surface area contributed by atoms with Crippen LogP contribution < -0.4 is 0 Å². The van der Waals surface area contributed by atoms with Crippen molar-refractivity contribution in [2.45, 2.75) is 0 Å². The SMILES string of the molecule is Oc1[nH]c2ccccc2c1C=Nc1cccc2cccnc12. The molecule has 0 bridgehead atoms. The number of aromatic nitrogens is 2. The van der Waals surface area contributed by atoms with Crippen LogP contribution in [0.1, 0.15) is 5.56 Å². The molecule has 4 rings (SSSR count). The number of aromatic amines is 1. The van der Waals surface area contributed by atoms with E-state index in [0.29, 0.717) is 5.56 Å². The molecule has 0 radical (unpaired) electrons. The van der Waals surface area contributed by atoms with Crippen molar-refractivity contribution in [1.82, 2.24) is 9.97 Å². The zero-order chi connectivity index (χ0) is 14.9. The summed E-state index contributed by atoms with van der Waals surface area (Å²) in [4.78, 5) is 11.9. The summed E-state index contributed by atoms with van der Waals surface area (Å²) in [6.07, 6.45) is 3.43. The second-order valence-corrected chi connectivity index (χ2v) is 5.04. The van der Waals surface area contributed by atoms with Crippen LogP contribution in [-0.4, -0.2) is 21.3 Å². The first-order chi connectivity index (χ1) is 10.8. The van der Waals surface area contributed by atoms with Gasteiger partial charge in [0.1, 0.15) is 0 Å². The summed E-state index contributed by atoms with van der Waals surface area (Å²) >= 11 is 0. The van der Waals surface area contributed by atoms with Gasteiger partial charge in [0, 0.05) is 28.7 Å². The molecule has 0 saturated heterocycles. The Morgan fingerprint density at radius 3 is 2.82 bits per heavy atom. The van der Waals surface area contributed by atoms with E-state index < -0.39 is 0 Å². The van der Waals surface area contributed by atoms with Crippen LogP contribution in [0.15, 0.2) is 65.8 Å². The Morgan fingerprint density at radius 2 is 1.86 bits per heavy atom. The van der Waals surface area contributed by atoms with Gasteiger partial charge < -0.3 is 10.1 Å². The van der Waals surface area contributed by atoms with Gasteiger partial charge in [-0.25, -0.2) is 0 Å². The quantitative estimate of drug-likeness (QED) is 0.543. The molecule has 4 nitrogen and oxygen atoms in total. The zero-order valence-electron chi connectivity index (χ0n) is 11.7. The standard InChI is InChI=1S/C18H13N3O/c22-18-14(13-7-1-2-8-15(13)21-18)11-20-16-9-3-5-12-6-4-10-19-17(12)16/h1-11,21-22H. The molecule has 0 fully saturated rings. The molecule has 0 unspecified atom stereocenters. The van der Waals surface area contributed by atoms with E-state index in [0.717, 1.165) is 27.5 Å². The number of H-pyrrole nitrogens is 1. The van der Waals surface area contributed by atoms with Crippen LogP contribution in [0.25, 0.3) is 21.8 Å². The van der Waals surface area contributed by atoms with E-state index in [1.165, 1.54) is 0 Å². The minimum atomic E-state index is 0.123. The molecule has 0 aliphatic carbocycles. The lowest BCUT2D eigenvalue weighted by Gasteiger charge is -2.00. The van der Waals surface area contributed by atoms with Gasteiger partial charge in [0.05, 0.1) is 16.8 Å². The van der Waals surface area contributed by atoms with Crippen molar-refractivity contribution in [3.63, 3.8) is 0 Å². The smallest absolute Gasteiger partial charge is 0.198 e. The average molecular weight is 287 g/mol. The maximum Gasteiger partial charge on any atom is 0.198 e. The summed E-state index contributed by atoms with van der Waals surface area (Å²) in [5.74, 6) is 0.123. The third kappa shape index (κ3) is 2.02. The molecule has 0 amide bonds. The molecule has 2 aromatic heterocycles. The minimum absolute atomic E-state index is 0.123. The van der Waals surface area contributed by atoms with Crippen molar-refractivity contribution >= 4 is 33.7 Å². The number of nitrogens with zero attached hydrogens (tertiary/aromatic N) is 2. The van der Waals surface area contributed by atoms with Crippen LogP contribution in [0, 0.1) is 0 Å². The van der Waals surface area contributed by atoms with Crippen molar-refractivity contribution < 1.29 is 5.11 Å². The molecule has 2 aromatic carbocycles. The lowest BCUT2D eigenvalue weighted by molar-refractivity contribution is 0.457. The van der Waals surface area contributed by atoms with E-state index in [1.807, 2.05) is 54.6 Å². The molecular weight excluding hydrogens is 274 g/mol. The number of nitrogens with one attached hydrogen (secondary N) is 1. The Morgan fingerprint density at radius 1 is 1.00 bits per heavy atom. The molecule has 106 valence electrons. The topological polar surface area (TPSA) is 61.3 Å². The highest BCUT2D eigenvalue weighted by atomic mass is 16.3. The molecule has 4 aromatic rings. The predicted octanol–water partition coefficient (Wildman–Crippen LogP) is 4.17. The van der Waals surface area contributed by atoms with Gasteiger partial charge in [0.15, 0.2) is 5.88 Å². The molecule has 0 aliphatic heterocycles. The second kappa shape index (κ2) is 5.00. The number of benzene rings is 2. The maximum absolute atomic E-state index is 10.1. The normalized spacial score (nSPS) is 11.6. The lowest BCUT2D eigenvalue weighted by atomic mass is 10.2. The van der Waals surface area contributed by atoms with Crippen LogP contribution in [0.5, 0.6) is 5.88 Å².